The van der Waals surface area contributed by atoms with Crippen molar-refractivity contribution < 1.29 is 19.0 Å². The number of methoxy groups -OCH3 is 1. The van der Waals surface area contributed by atoms with Gasteiger partial charge in [-0.2, -0.15) is 14.9 Å². The number of esters is 1. The molecule has 1 N–H and O–H groups in total. The molecular formula is C16H18N4O4S. The first-order valence-electron chi connectivity index (χ1n) is 7.78. The first-order chi connectivity index (χ1) is 12.1. The van der Waals surface area contributed by atoms with Crippen molar-refractivity contribution in [2.75, 3.05) is 13.7 Å². The third-order valence-corrected chi connectivity index (χ3v) is 3.92. The highest BCUT2D eigenvalue weighted by atomic mass is 32.1. The molecule has 1 aliphatic heterocycles. The molecule has 8 nitrogen and oxygen atoms in total. The standard InChI is InChI=1S/C16H18N4O4S/c1-10(21)24-12-6-5-11(8-14(12)22-2)9-17-20-15(18-19-16(20)25)13-4-3-7-23-13/h5-6,8-9,13H,3-4,7H2,1-2H3,(H,19,25)/b17-9-/t13-/m1/s1. The summed E-state index contributed by atoms with van der Waals surface area (Å²) in [6.45, 7) is 2.05. The van der Waals surface area contributed by atoms with E-state index in [4.69, 9.17) is 26.4 Å². The van der Waals surface area contributed by atoms with Crippen LogP contribution in [0.3, 0.4) is 0 Å². The highest BCUT2D eigenvalue weighted by Gasteiger charge is 2.23. The predicted molar refractivity (Wildman–Crippen MR) is 92.6 cm³/mol. The molecule has 0 radical (unpaired) electrons. The zero-order valence-electron chi connectivity index (χ0n) is 13.9. The average Bonchev–Trinajstić information content (AvgIpc) is 3.23. The number of benzene rings is 1. The highest BCUT2D eigenvalue weighted by molar-refractivity contribution is 7.71. The maximum Gasteiger partial charge on any atom is 0.308 e. The lowest BCUT2D eigenvalue weighted by Gasteiger charge is -2.09. The number of aromatic amines is 1. The molecule has 9 heteroatoms. The third-order valence-electron chi connectivity index (χ3n) is 3.66. The van der Waals surface area contributed by atoms with Crippen LogP contribution in [0.1, 0.15) is 37.3 Å². The molecule has 3 rings (SSSR count). The molecule has 2 aromatic rings. The van der Waals surface area contributed by atoms with Crippen LogP contribution in [0.15, 0.2) is 23.3 Å². The van der Waals surface area contributed by atoms with E-state index in [1.165, 1.54) is 14.0 Å². The van der Waals surface area contributed by atoms with E-state index in [1.54, 1.807) is 29.1 Å². The summed E-state index contributed by atoms with van der Waals surface area (Å²) in [6, 6.07) is 5.13. The fourth-order valence-electron chi connectivity index (χ4n) is 2.53. The molecule has 0 aliphatic carbocycles. The fourth-order valence-corrected chi connectivity index (χ4v) is 2.72. The van der Waals surface area contributed by atoms with Gasteiger partial charge >= 0.3 is 5.97 Å². The minimum absolute atomic E-state index is 0.106. The Balaban J connectivity index is 1.86. The number of H-pyrrole nitrogens is 1. The Labute approximate surface area is 149 Å². The molecule has 2 heterocycles. The molecule has 132 valence electrons. The first kappa shape index (κ1) is 17.3. The second kappa shape index (κ2) is 7.58. The van der Waals surface area contributed by atoms with Crippen LogP contribution in [0.2, 0.25) is 0 Å². The van der Waals surface area contributed by atoms with Gasteiger partial charge in [0, 0.05) is 13.5 Å². The Bertz CT molecular complexity index is 852. The van der Waals surface area contributed by atoms with Gasteiger partial charge < -0.3 is 14.2 Å². The van der Waals surface area contributed by atoms with Crippen molar-refractivity contribution in [3.05, 3.63) is 34.4 Å². The van der Waals surface area contributed by atoms with E-state index in [1.807, 2.05) is 0 Å². The summed E-state index contributed by atoms with van der Waals surface area (Å²) < 4.78 is 17.9. The van der Waals surface area contributed by atoms with Crippen LogP contribution in [-0.2, 0) is 9.53 Å². The summed E-state index contributed by atoms with van der Waals surface area (Å²) in [7, 11) is 1.50. The van der Waals surface area contributed by atoms with E-state index in [0.717, 1.165) is 18.4 Å². The van der Waals surface area contributed by atoms with E-state index in [0.29, 0.717) is 28.7 Å². The Kier molecular flexibility index (Phi) is 5.25. The number of ether oxygens (including phenoxy) is 3. The van der Waals surface area contributed by atoms with Crippen LogP contribution >= 0.6 is 12.2 Å². The molecule has 1 fully saturated rings. The number of carbonyl (C=O) groups is 1. The van der Waals surface area contributed by atoms with Gasteiger partial charge in [0.15, 0.2) is 17.3 Å². The Morgan fingerprint density at radius 3 is 3.04 bits per heavy atom. The number of rotatable bonds is 5. The van der Waals surface area contributed by atoms with E-state index in [9.17, 15) is 4.79 Å². The van der Waals surface area contributed by atoms with Gasteiger partial charge in [-0.3, -0.25) is 9.89 Å². The van der Waals surface area contributed by atoms with Crippen molar-refractivity contribution in [3.63, 3.8) is 0 Å². The smallest absolute Gasteiger partial charge is 0.308 e. The van der Waals surface area contributed by atoms with Crippen LogP contribution in [0.4, 0.5) is 0 Å². The molecule has 1 aliphatic rings. The van der Waals surface area contributed by atoms with Crippen molar-refractivity contribution in [2.24, 2.45) is 5.10 Å². The first-order valence-corrected chi connectivity index (χ1v) is 8.19. The van der Waals surface area contributed by atoms with Crippen LogP contribution in [-0.4, -0.2) is 40.8 Å². The monoisotopic (exact) mass is 362 g/mol. The number of aromatic nitrogens is 3. The molecule has 1 atom stereocenters. The van der Waals surface area contributed by atoms with Crippen molar-refractivity contribution in [3.8, 4) is 11.5 Å². The highest BCUT2D eigenvalue weighted by Crippen LogP contribution is 2.28. The van der Waals surface area contributed by atoms with E-state index in [2.05, 4.69) is 15.3 Å². The lowest BCUT2D eigenvalue weighted by molar-refractivity contribution is -0.132. The largest absolute Gasteiger partial charge is 0.493 e. The van der Waals surface area contributed by atoms with Gasteiger partial charge in [-0.05, 0) is 48.8 Å². The molecule has 0 amide bonds. The molecule has 1 aromatic carbocycles. The lowest BCUT2D eigenvalue weighted by atomic mass is 10.2. The summed E-state index contributed by atoms with van der Waals surface area (Å²) >= 11 is 5.23. The van der Waals surface area contributed by atoms with Crippen LogP contribution in [0.5, 0.6) is 11.5 Å². The van der Waals surface area contributed by atoms with Crippen molar-refractivity contribution in [1.29, 1.82) is 0 Å². The van der Waals surface area contributed by atoms with Gasteiger partial charge in [-0.1, -0.05) is 0 Å². The molecule has 0 bridgehead atoms. The topological polar surface area (TPSA) is 90.7 Å². The molecule has 0 saturated carbocycles. The third kappa shape index (κ3) is 3.94. The van der Waals surface area contributed by atoms with Gasteiger partial charge in [0.2, 0.25) is 4.77 Å². The van der Waals surface area contributed by atoms with Crippen molar-refractivity contribution >= 4 is 24.4 Å². The number of hydrogen-bond acceptors (Lipinski definition) is 7. The van der Waals surface area contributed by atoms with E-state index in [-0.39, 0.29) is 6.10 Å². The van der Waals surface area contributed by atoms with Crippen molar-refractivity contribution in [2.45, 2.75) is 25.9 Å². The summed E-state index contributed by atoms with van der Waals surface area (Å²) in [5.41, 5.74) is 0.758. The van der Waals surface area contributed by atoms with Gasteiger partial charge in [-0.25, -0.2) is 0 Å². The number of carbonyl (C=O) groups excluding carboxylic acids is 1. The van der Waals surface area contributed by atoms with Crippen LogP contribution < -0.4 is 9.47 Å². The zero-order chi connectivity index (χ0) is 17.8. The molecule has 1 saturated heterocycles. The minimum Gasteiger partial charge on any atom is -0.493 e. The van der Waals surface area contributed by atoms with Gasteiger partial charge in [0.25, 0.3) is 0 Å². The maximum absolute atomic E-state index is 11.1. The van der Waals surface area contributed by atoms with E-state index < -0.39 is 5.97 Å². The number of nitrogens with one attached hydrogen (secondary N) is 1. The Morgan fingerprint density at radius 2 is 2.36 bits per heavy atom. The Hall–Kier alpha value is -2.52. The number of hydrogen-bond donors (Lipinski definition) is 1. The predicted octanol–water partition coefficient (Wildman–Crippen LogP) is 2.61. The van der Waals surface area contributed by atoms with E-state index >= 15 is 0 Å². The molecule has 0 unspecified atom stereocenters. The van der Waals surface area contributed by atoms with Gasteiger partial charge in [0.1, 0.15) is 6.10 Å². The second-order valence-corrected chi connectivity index (χ2v) is 5.84. The van der Waals surface area contributed by atoms with Crippen LogP contribution in [0.25, 0.3) is 0 Å². The number of nitrogens with zero attached hydrogens (tertiary/aromatic N) is 3. The van der Waals surface area contributed by atoms with Crippen molar-refractivity contribution in [1.82, 2.24) is 14.9 Å². The fraction of sp³-hybridized carbons (Fsp3) is 0.375. The molecular weight excluding hydrogens is 344 g/mol. The summed E-state index contributed by atoms with van der Waals surface area (Å²) in [6.07, 6.45) is 3.40. The average molecular weight is 362 g/mol. The summed E-state index contributed by atoms with van der Waals surface area (Å²) in [5.74, 6) is 1.04. The summed E-state index contributed by atoms with van der Waals surface area (Å²) in [4.78, 5) is 11.1. The summed E-state index contributed by atoms with van der Waals surface area (Å²) in [5, 5.41) is 11.4. The maximum atomic E-state index is 11.1. The normalized spacial score (nSPS) is 17.1. The molecule has 0 spiro atoms. The Morgan fingerprint density at radius 1 is 1.52 bits per heavy atom. The lowest BCUT2D eigenvalue weighted by Crippen LogP contribution is -2.05. The zero-order valence-corrected chi connectivity index (χ0v) is 14.7. The van der Waals surface area contributed by atoms with Crippen LogP contribution in [0, 0.1) is 4.77 Å². The van der Waals surface area contributed by atoms with Gasteiger partial charge in [0.05, 0.1) is 13.3 Å². The van der Waals surface area contributed by atoms with Gasteiger partial charge in [-0.15, -0.1) is 0 Å². The minimum atomic E-state index is -0.411. The molecule has 1 aromatic heterocycles. The quantitative estimate of drug-likeness (QED) is 0.380. The second-order valence-electron chi connectivity index (χ2n) is 5.45. The molecule has 25 heavy (non-hydrogen) atoms. The SMILES string of the molecule is COc1cc(/C=N\n2c([C@H]3CCCO3)n[nH]c2=S)ccc1OC(C)=O.